The average molecular weight is 1340 g/mol. The molecule has 0 saturated heterocycles. The first-order chi connectivity index (χ1) is 43.7. The fraction of sp³-hybridized carbons (Fsp3) is 0.400. The minimum Gasteiger partial charge on any atom is -0.437 e. The van der Waals surface area contributed by atoms with Crippen molar-refractivity contribution in [3.63, 3.8) is 0 Å². The van der Waals surface area contributed by atoms with Gasteiger partial charge in [-0.3, -0.25) is 19.2 Å². The summed E-state index contributed by atoms with van der Waals surface area (Å²) >= 11 is 18.1. The molecule has 0 aliphatic carbocycles. The van der Waals surface area contributed by atoms with Crippen molar-refractivity contribution in [1.82, 2.24) is 9.78 Å². The zero-order chi connectivity index (χ0) is 70.0. The van der Waals surface area contributed by atoms with Gasteiger partial charge in [-0.05, 0) is 227 Å². The largest absolute Gasteiger partial charge is 0.513 e. The van der Waals surface area contributed by atoms with Crippen LogP contribution in [0.5, 0.6) is 0 Å². The summed E-state index contributed by atoms with van der Waals surface area (Å²) in [5.41, 5.74) is 3.48. The maximum Gasteiger partial charge on any atom is 0.513 e. The lowest BCUT2D eigenvalue weighted by Crippen LogP contribution is -2.50. The number of aryl methyl sites for hydroxylation is 3. The standard InChI is InChI=1S/C28H33ClO4.C25H27ClO5.C22H25ClN2O5/c1-9-17-10-11-19(18-12-14-20(29)15-13-18)16-21(17)22-23(30)27(5,6)33-28(7,8)24(22)32-25(31)26(2,3)4;1-7-15-8-9-17(16-10-12-18(26)13-11-16)14-19(15)20-21(27)24(2,3)31-25(4,5)22(20)30-23(28)29-6;1-7-13-8-9-15(25-12-14(23)11-24-25)10-16(13)17-18(26)21(2,3)30-22(4,5)19(17)29-20(27)28-6/h10-16H,9H2,1-8H3;8-14H,7H2,1-6H3;8-12H,7H2,1-6H3. The van der Waals surface area contributed by atoms with Gasteiger partial charge in [-0.15, -0.1) is 0 Å². The number of methoxy groups -OCH3 is 2. The molecular weight excluding hydrogens is 1260 g/mol. The van der Waals surface area contributed by atoms with Gasteiger partial charge in [0.2, 0.25) is 0 Å². The number of hydrogen-bond donors (Lipinski definition) is 0. The third-order valence-corrected chi connectivity index (χ3v) is 16.8. The Morgan fingerprint density at radius 2 is 0.766 bits per heavy atom. The lowest BCUT2D eigenvalue weighted by Gasteiger charge is -2.42. The van der Waals surface area contributed by atoms with Crippen molar-refractivity contribution in [2.45, 2.75) is 177 Å². The summed E-state index contributed by atoms with van der Waals surface area (Å²) in [5.74, 6) is -0.641. The van der Waals surface area contributed by atoms with E-state index in [4.69, 9.17) is 68.0 Å². The summed E-state index contributed by atoms with van der Waals surface area (Å²) in [6, 6.07) is 32.7. The second-order valence-corrected chi connectivity index (χ2v) is 28.3. The van der Waals surface area contributed by atoms with E-state index in [2.05, 4.69) is 9.84 Å². The fourth-order valence-electron chi connectivity index (χ4n) is 11.6. The molecule has 16 nitrogen and oxygen atoms in total. The summed E-state index contributed by atoms with van der Waals surface area (Å²) in [6.07, 6.45) is 3.47. The summed E-state index contributed by atoms with van der Waals surface area (Å²) in [4.78, 5) is 77.7. The maximum absolute atomic E-state index is 13.7. The third-order valence-electron chi connectivity index (χ3n) is 16.1. The number of carbonyl (C=O) groups is 6. The smallest absolute Gasteiger partial charge is 0.437 e. The number of aromatic nitrogens is 2. The number of rotatable bonds is 12. The molecule has 0 radical (unpaired) electrons. The van der Waals surface area contributed by atoms with E-state index in [-0.39, 0.29) is 34.6 Å². The van der Waals surface area contributed by atoms with E-state index >= 15 is 0 Å². The molecule has 0 spiro atoms. The molecule has 9 rings (SSSR count). The highest BCUT2D eigenvalue weighted by Crippen LogP contribution is 2.47. The van der Waals surface area contributed by atoms with Crippen LogP contribution in [0.4, 0.5) is 9.59 Å². The Bertz CT molecular complexity index is 4020. The fourth-order valence-corrected chi connectivity index (χ4v) is 12.0. The highest BCUT2D eigenvalue weighted by Gasteiger charge is 2.52. The van der Waals surface area contributed by atoms with E-state index < -0.39 is 57.3 Å². The molecule has 3 aliphatic rings. The molecule has 0 fully saturated rings. The molecule has 0 amide bonds. The molecule has 0 bridgehead atoms. The third kappa shape index (κ3) is 16.2. The molecule has 0 saturated carbocycles. The first-order valence-corrected chi connectivity index (χ1v) is 32.2. The Hall–Kier alpha value is -7.70. The minimum atomic E-state index is -1.11. The van der Waals surface area contributed by atoms with Gasteiger partial charge >= 0.3 is 18.3 Å². The summed E-state index contributed by atoms with van der Waals surface area (Å²) in [6.45, 7) is 32.5. The van der Waals surface area contributed by atoms with Gasteiger partial charge in [0.15, 0.2) is 34.6 Å². The second-order valence-electron chi connectivity index (χ2n) is 27.0. The number of halogens is 3. The van der Waals surface area contributed by atoms with Crippen LogP contribution >= 0.6 is 34.8 Å². The Morgan fingerprint density at radius 3 is 1.07 bits per heavy atom. The zero-order valence-electron chi connectivity index (χ0n) is 57.3. The molecule has 6 aromatic rings. The van der Waals surface area contributed by atoms with Crippen LogP contribution < -0.4 is 0 Å². The highest BCUT2D eigenvalue weighted by molar-refractivity contribution is 6.31. The van der Waals surface area contributed by atoms with Crippen molar-refractivity contribution in [3.8, 4) is 27.9 Å². The van der Waals surface area contributed by atoms with Gasteiger partial charge in [0, 0.05) is 16.2 Å². The molecular formula is C75H85Cl3N2O14. The molecule has 19 heteroatoms. The highest BCUT2D eigenvalue weighted by atomic mass is 35.5. The molecule has 94 heavy (non-hydrogen) atoms. The SMILES string of the molecule is CCc1ccc(-c2ccc(Cl)cc2)cc1C1=C(OC(=O)C(C)(C)C)C(C)(C)OC(C)(C)C1=O.CCc1ccc(-c2ccc(Cl)cc2)cc1C1=C(OC(=O)OC)C(C)(C)OC(C)(C)C1=O.CCc1ccc(-n2cc(Cl)cn2)cc1C1=C(OC(=O)OC)C(C)(C)OC(C)(C)C1=O. The van der Waals surface area contributed by atoms with Crippen molar-refractivity contribution < 1.29 is 66.7 Å². The van der Waals surface area contributed by atoms with Crippen molar-refractivity contribution >= 4 is 87.2 Å². The monoisotopic (exact) mass is 1340 g/mol. The predicted octanol–water partition coefficient (Wildman–Crippen LogP) is 18.0. The number of carbonyl (C=O) groups excluding carboxylic acids is 6. The molecule has 500 valence electrons. The van der Waals surface area contributed by atoms with Crippen molar-refractivity contribution in [2.75, 3.05) is 14.2 Å². The van der Waals surface area contributed by atoms with Crippen LogP contribution in [-0.2, 0) is 76.3 Å². The number of nitrogens with zero attached hydrogens (tertiary/aromatic N) is 2. The summed E-state index contributed by atoms with van der Waals surface area (Å²) in [7, 11) is 2.44. The van der Waals surface area contributed by atoms with Crippen LogP contribution in [0.15, 0.2) is 133 Å². The lowest BCUT2D eigenvalue weighted by molar-refractivity contribution is -0.169. The molecule has 0 unspecified atom stereocenters. The van der Waals surface area contributed by atoms with Crippen molar-refractivity contribution in [1.29, 1.82) is 0 Å². The maximum atomic E-state index is 13.7. The topological polar surface area (TPSA) is 194 Å². The molecule has 3 aliphatic heterocycles. The Balaban J connectivity index is 0.000000200. The van der Waals surface area contributed by atoms with Gasteiger partial charge in [0.1, 0.15) is 33.6 Å². The van der Waals surface area contributed by atoms with Crippen LogP contribution in [0.25, 0.3) is 44.7 Å². The number of ether oxygens (including phenoxy) is 8. The van der Waals surface area contributed by atoms with Gasteiger partial charge in [-0.2, -0.15) is 5.10 Å². The van der Waals surface area contributed by atoms with Gasteiger partial charge in [0.05, 0.1) is 53.3 Å². The van der Waals surface area contributed by atoms with Crippen molar-refractivity contribution in [3.05, 3.63) is 181 Å². The normalized spacial score (nSPS) is 17.7. The molecule has 1 aromatic heterocycles. The number of benzene rings is 5. The Labute approximate surface area is 566 Å². The first kappa shape index (κ1) is 73.7. The van der Waals surface area contributed by atoms with Gasteiger partial charge in [-0.25, -0.2) is 14.3 Å². The van der Waals surface area contributed by atoms with E-state index in [1.807, 2.05) is 138 Å². The van der Waals surface area contributed by atoms with E-state index in [0.29, 0.717) is 61.4 Å². The Morgan fingerprint density at radius 1 is 0.447 bits per heavy atom. The van der Waals surface area contributed by atoms with Gasteiger partial charge in [-0.1, -0.05) is 110 Å². The number of hydrogen-bond acceptors (Lipinski definition) is 15. The van der Waals surface area contributed by atoms with Crippen LogP contribution in [-0.4, -0.2) is 93.2 Å². The zero-order valence-corrected chi connectivity index (χ0v) is 59.6. The minimum absolute atomic E-state index is 0.115. The van der Waals surface area contributed by atoms with E-state index in [9.17, 15) is 28.8 Å². The number of ketones is 3. The Kier molecular flexibility index (Phi) is 22.2. The molecule has 0 N–H and O–H groups in total. The first-order valence-electron chi connectivity index (χ1n) is 31.0. The molecule has 0 atom stereocenters. The van der Waals surface area contributed by atoms with Gasteiger partial charge < -0.3 is 37.9 Å². The van der Waals surface area contributed by atoms with Crippen LogP contribution in [0.3, 0.4) is 0 Å². The number of esters is 1. The predicted molar refractivity (Wildman–Crippen MR) is 367 cm³/mol. The number of Topliss-reactive ketones (excluding diaryl/α,β-unsaturated/α-hetero) is 3. The van der Waals surface area contributed by atoms with E-state index in [1.165, 1.54) is 20.4 Å². The summed E-state index contributed by atoms with van der Waals surface area (Å²) < 4.78 is 46.1. The van der Waals surface area contributed by atoms with E-state index in [0.717, 1.165) is 50.9 Å². The van der Waals surface area contributed by atoms with Crippen LogP contribution in [0.1, 0.15) is 158 Å². The summed E-state index contributed by atoms with van der Waals surface area (Å²) in [5, 5.41) is 6.04. The van der Waals surface area contributed by atoms with Crippen molar-refractivity contribution in [2.24, 2.45) is 5.41 Å². The van der Waals surface area contributed by atoms with Gasteiger partial charge in [0.25, 0.3) is 0 Å². The quantitative estimate of drug-likeness (QED) is 0.0829. The van der Waals surface area contributed by atoms with Crippen LogP contribution in [0.2, 0.25) is 15.1 Å². The molecule has 5 aromatic carbocycles. The van der Waals surface area contributed by atoms with E-state index in [1.54, 1.807) is 101 Å². The lowest BCUT2D eigenvalue weighted by atomic mass is 9.80. The average Bonchev–Trinajstić information content (AvgIpc) is 0.790. The van der Waals surface area contributed by atoms with Crippen LogP contribution in [0, 0.1) is 5.41 Å². The second kappa shape index (κ2) is 28.3. The molecule has 4 heterocycles.